The SMILES string of the molecule is CC(NCCOCCO)c1ccc2c(c1)CCC2. The summed E-state index contributed by atoms with van der Waals surface area (Å²) in [7, 11) is 0. The quantitative estimate of drug-likeness (QED) is 0.724. The van der Waals surface area contributed by atoms with Crippen molar-refractivity contribution in [3.05, 3.63) is 34.9 Å². The molecule has 3 heteroatoms. The predicted molar refractivity (Wildman–Crippen MR) is 72.8 cm³/mol. The van der Waals surface area contributed by atoms with Crippen LogP contribution in [0, 0.1) is 0 Å². The Morgan fingerprint density at radius 3 is 2.94 bits per heavy atom. The molecule has 0 saturated carbocycles. The van der Waals surface area contributed by atoms with Crippen LogP contribution in [0.15, 0.2) is 18.2 Å². The fourth-order valence-corrected chi connectivity index (χ4v) is 2.49. The first kappa shape index (κ1) is 13.5. The zero-order chi connectivity index (χ0) is 12.8. The third kappa shape index (κ3) is 3.55. The molecule has 0 aliphatic heterocycles. The molecule has 0 bridgehead atoms. The fraction of sp³-hybridized carbons (Fsp3) is 0.600. The molecule has 2 rings (SSSR count). The summed E-state index contributed by atoms with van der Waals surface area (Å²) in [5.74, 6) is 0. The van der Waals surface area contributed by atoms with Crippen molar-refractivity contribution >= 4 is 0 Å². The van der Waals surface area contributed by atoms with Gasteiger partial charge in [-0.3, -0.25) is 0 Å². The number of ether oxygens (including phenoxy) is 1. The van der Waals surface area contributed by atoms with Crippen LogP contribution in [0.2, 0.25) is 0 Å². The van der Waals surface area contributed by atoms with Crippen LogP contribution in [-0.4, -0.2) is 31.5 Å². The van der Waals surface area contributed by atoms with Gasteiger partial charge in [-0.2, -0.15) is 0 Å². The lowest BCUT2D eigenvalue weighted by Crippen LogP contribution is -2.23. The minimum absolute atomic E-state index is 0.0976. The molecule has 1 aromatic carbocycles. The Labute approximate surface area is 109 Å². The molecule has 0 amide bonds. The molecular weight excluding hydrogens is 226 g/mol. The Kier molecular flexibility index (Phi) is 5.17. The average molecular weight is 249 g/mol. The second kappa shape index (κ2) is 6.88. The van der Waals surface area contributed by atoms with E-state index >= 15 is 0 Å². The van der Waals surface area contributed by atoms with Gasteiger partial charge in [0, 0.05) is 12.6 Å². The smallest absolute Gasteiger partial charge is 0.0698 e. The first-order valence-corrected chi connectivity index (χ1v) is 6.85. The monoisotopic (exact) mass is 249 g/mol. The lowest BCUT2D eigenvalue weighted by molar-refractivity contribution is 0.0928. The summed E-state index contributed by atoms with van der Waals surface area (Å²) in [6.07, 6.45) is 3.78. The average Bonchev–Trinajstić information content (AvgIpc) is 2.85. The van der Waals surface area contributed by atoms with Crippen LogP contribution in [0.1, 0.15) is 36.1 Å². The highest BCUT2D eigenvalue weighted by molar-refractivity contribution is 5.36. The van der Waals surface area contributed by atoms with E-state index in [0.717, 1.165) is 6.54 Å². The number of hydrogen-bond donors (Lipinski definition) is 2. The third-order valence-corrected chi connectivity index (χ3v) is 3.56. The van der Waals surface area contributed by atoms with E-state index in [-0.39, 0.29) is 6.61 Å². The van der Waals surface area contributed by atoms with Crippen molar-refractivity contribution < 1.29 is 9.84 Å². The molecular formula is C15H23NO2. The van der Waals surface area contributed by atoms with E-state index in [2.05, 4.69) is 30.4 Å². The normalized spacial score (nSPS) is 15.7. The molecule has 0 spiro atoms. The summed E-state index contributed by atoms with van der Waals surface area (Å²) in [5.41, 5.74) is 4.41. The molecule has 1 atom stereocenters. The molecule has 0 fully saturated rings. The number of aryl methyl sites for hydroxylation is 2. The van der Waals surface area contributed by atoms with Crippen molar-refractivity contribution in [2.24, 2.45) is 0 Å². The van der Waals surface area contributed by atoms with Gasteiger partial charge in [-0.25, -0.2) is 0 Å². The number of rotatable bonds is 7. The highest BCUT2D eigenvalue weighted by Crippen LogP contribution is 2.25. The van der Waals surface area contributed by atoms with Gasteiger partial charge in [0.1, 0.15) is 0 Å². The Morgan fingerprint density at radius 1 is 1.28 bits per heavy atom. The van der Waals surface area contributed by atoms with Crippen molar-refractivity contribution in [1.82, 2.24) is 5.32 Å². The van der Waals surface area contributed by atoms with E-state index in [1.54, 1.807) is 0 Å². The highest BCUT2D eigenvalue weighted by Gasteiger charge is 2.12. The molecule has 0 saturated heterocycles. The van der Waals surface area contributed by atoms with E-state index < -0.39 is 0 Å². The van der Waals surface area contributed by atoms with Crippen molar-refractivity contribution in [1.29, 1.82) is 0 Å². The molecule has 0 radical (unpaired) electrons. The minimum Gasteiger partial charge on any atom is -0.394 e. The van der Waals surface area contributed by atoms with Gasteiger partial charge in [-0.05, 0) is 42.9 Å². The Morgan fingerprint density at radius 2 is 2.11 bits per heavy atom. The van der Waals surface area contributed by atoms with Gasteiger partial charge in [-0.1, -0.05) is 18.2 Å². The van der Waals surface area contributed by atoms with E-state index in [0.29, 0.717) is 19.3 Å². The summed E-state index contributed by atoms with van der Waals surface area (Å²) in [6.45, 7) is 4.17. The summed E-state index contributed by atoms with van der Waals surface area (Å²) >= 11 is 0. The van der Waals surface area contributed by atoms with Crippen LogP contribution >= 0.6 is 0 Å². The van der Waals surface area contributed by atoms with Gasteiger partial charge in [0.15, 0.2) is 0 Å². The summed E-state index contributed by atoms with van der Waals surface area (Å²) in [5, 5.41) is 12.0. The maximum absolute atomic E-state index is 8.60. The zero-order valence-electron chi connectivity index (χ0n) is 11.1. The molecule has 1 aromatic rings. The number of hydrogen-bond acceptors (Lipinski definition) is 3. The molecule has 2 N–H and O–H groups in total. The van der Waals surface area contributed by atoms with Crippen LogP contribution in [-0.2, 0) is 17.6 Å². The Hall–Kier alpha value is -0.900. The minimum atomic E-state index is 0.0976. The Bertz CT molecular complexity index is 379. The van der Waals surface area contributed by atoms with Crippen molar-refractivity contribution in [3.8, 4) is 0 Å². The number of aliphatic hydroxyl groups is 1. The summed E-state index contributed by atoms with van der Waals surface area (Å²) < 4.78 is 5.23. The number of nitrogens with one attached hydrogen (secondary N) is 1. The first-order valence-electron chi connectivity index (χ1n) is 6.85. The van der Waals surface area contributed by atoms with Gasteiger partial charge in [0.2, 0.25) is 0 Å². The van der Waals surface area contributed by atoms with Gasteiger partial charge in [0.25, 0.3) is 0 Å². The lowest BCUT2D eigenvalue weighted by Gasteiger charge is -2.15. The molecule has 1 unspecified atom stereocenters. The number of benzene rings is 1. The lowest BCUT2D eigenvalue weighted by atomic mass is 10.0. The van der Waals surface area contributed by atoms with Crippen LogP contribution in [0.4, 0.5) is 0 Å². The van der Waals surface area contributed by atoms with E-state index in [9.17, 15) is 0 Å². The Balaban J connectivity index is 1.80. The molecule has 0 heterocycles. The maximum atomic E-state index is 8.60. The standard InChI is InChI=1S/C15H23NO2/c1-12(16-7-9-18-10-8-17)14-6-5-13-3-2-4-15(13)11-14/h5-6,11-12,16-17H,2-4,7-10H2,1H3. The van der Waals surface area contributed by atoms with E-state index in [1.807, 2.05) is 0 Å². The van der Waals surface area contributed by atoms with Gasteiger partial charge < -0.3 is 15.2 Å². The molecule has 1 aliphatic carbocycles. The fourth-order valence-electron chi connectivity index (χ4n) is 2.49. The molecule has 0 aromatic heterocycles. The van der Waals surface area contributed by atoms with E-state index in [4.69, 9.17) is 9.84 Å². The molecule has 3 nitrogen and oxygen atoms in total. The topological polar surface area (TPSA) is 41.5 Å². The molecule has 1 aliphatic rings. The van der Waals surface area contributed by atoms with Crippen LogP contribution in [0.5, 0.6) is 0 Å². The van der Waals surface area contributed by atoms with Crippen LogP contribution in [0.25, 0.3) is 0 Å². The van der Waals surface area contributed by atoms with E-state index in [1.165, 1.54) is 36.0 Å². The molecule has 18 heavy (non-hydrogen) atoms. The van der Waals surface area contributed by atoms with Gasteiger partial charge in [-0.15, -0.1) is 0 Å². The largest absolute Gasteiger partial charge is 0.394 e. The van der Waals surface area contributed by atoms with Crippen molar-refractivity contribution in [2.45, 2.75) is 32.2 Å². The van der Waals surface area contributed by atoms with Crippen molar-refractivity contribution in [2.75, 3.05) is 26.4 Å². The summed E-state index contributed by atoms with van der Waals surface area (Å²) in [4.78, 5) is 0. The van der Waals surface area contributed by atoms with Crippen LogP contribution < -0.4 is 5.32 Å². The second-order valence-corrected chi connectivity index (χ2v) is 4.89. The van der Waals surface area contributed by atoms with Gasteiger partial charge in [0.05, 0.1) is 19.8 Å². The summed E-state index contributed by atoms with van der Waals surface area (Å²) in [6, 6.07) is 7.21. The van der Waals surface area contributed by atoms with Crippen molar-refractivity contribution in [3.63, 3.8) is 0 Å². The maximum Gasteiger partial charge on any atom is 0.0698 e. The predicted octanol–water partition coefficient (Wildman–Crippen LogP) is 1.83. The first-order chi connectivity index (χ1) is 8.81. The second-order valence-electron chi connectivity index (χ2n) is 4.89. The highest BCUT2D eigenvalue weighted by atomic mass is 16.5. The number of fused-ring (bicyclic) bond motifs is 1. The van der Waals surface area contributed by atoms with Gasteiger partial charge >= 0.3 is 0 Å². The zero-order valence-corrected chi connectivity index (χ0v) is 11.1. The van der Waals surface area contributed by atoms with Crippen LogP contribution in [0.3, 0.4) is 0 Å². The number of aliphatic hydroxyl groups excluding tert-OH is 1. The third-order valence-electron chi connectivity index (χ3n) is 3.56. The molecule has 100 valence electrons.